The number of carbonyl (C=O) groups excluding carboxylic acids is 3. The van der Waals surface area contributed by atoms with E-state index in [-0.39, 0.29) is 35.8 Å². The number of methoxy groups -OCH3 is 2. The minimum Gasteiger partial charge on any atom is -0.493 e. The van der Waals surface area contributed by atoms with Gasteiger partial charge in [-0.25, -0.2) is 4.79 Å². The molecular weight excluding hydrogens is 598 g/mol. The zero-order valence-electron chi connectivity index (χ0n) is 29.6. The Bertz CT molecular complexity index is 1290. The lowest BCUT2D eigenvalue weighted by Crippen LogP contribution is -2.42. The Kier molecular flexibility index (Phi) is 14.4. The predicted octanol–water partition coefficient (Wildman–Crippen LogP) is 6.27. The first-order valence-electron chi connectivity index (χ1n) is 16.8. The molecular formula is C37H55N3O7. The van der Waals surface area contributed by atoms with E-state index in [1.165, 1.54) is 0 Å². The van der Waals surface area contributed by atoms with Gasteiger partial charge in [-0.2, -0.15) is 0 Å². The molecule has 0 saturated carbocycles. The number of rotatable bonds is 16. The van der Waals surface area contributed by atoms with Crippen molar-refractivity contribution in [1.29, 1.82) is 0 Å². The molecule has 0 bridgehead atoms. The summed E-state index contributed by atoms with van der Waals surface area (Å²) in [6.07, 6.45) is 1.30. The molecule has 0 aromatic heterocycles. The molecule has 0 aliphatic carbocycles. The van der Waals surface area contributed by atoms with Crippen LogP contribution in [0.1, 0.15) is 76.7 Å². The van der Waals surface area contributed by atoms with E-state index in [9.17, 15) is 14.4 Å². The fraction of sp³-hybridized carbons (Fsp3) is 0.595. The smallest absolute Gasteiger partial charge is 0.410 e. The maximum Gasteiger partial charge on any atom is 0.410 e. The van der Waals surface area contributed by atoms with Gasteiger partial charge in [0.25, 0.3) is 5.91 Å². The molecule has 2 aromatic carbocycles. The van der Waals surface area contributed by atoms with Gasteiger partial charge in [-0.3, -0.25) is 9.59 Å². The van der Waals surface area contributed by atoms with E-state index in [4.69, 9.17) is 18.9 Å². The van der Waals surface area contributed by atoms with E-state index >= 15 is 0 Å². The Balaban J connectivity index is 1.79. The number of carbonyl (C=O) groups is 3. The van der Waals surface area contributed by atoms with Crippen molar-refractivity contribution in [2.75, 3.05) is 53.6 Å². The van der Waals surface area contributed by atoms with Crippen molar-refractivity contribution in [3.8, 4) is 11.5 Å². The van der Waals surface area contributed by atoms with Gasteiger partial charge in [-0.1, -0.05) is 30.3 Å². The number of hydrogen-bond acceptors (Lipinski definition) is 7. The minimum absolute atomic E-state index is 0.0199. The standard InChI is InChI=1S/C37H55N3O7/c1-9-38(23-28-14-11-10-12-15-28)34(41)19-17-30-24-39(36(43)47-37(4,5)6)25-31(30)26-40(27(2)3)35(42)29-16-18-32(45-8)33(22-29)46-21-13-20-44-7/h10-12,14-16,18,22,27,30-31H,9,13,17,19-21,23-26H2,1-8H3/t30-,31-/m0/s1. The van der Waals surface area contributed by atoms with Gasteiger partial charge in [0.05, 0.1) is 13.7 Å². The zero-order valence-corrected chi connectivity index (χ0v) is 29.6. The maximum absolute atomic E-state index is 14.0. The molecule has 47 heavy (non-hydrogen) atoms. The van der Waals surface area contributed by atoms with Crippen LogP contribution in [0.5, 0.6) is 11.5 Å². The molecule has 10 nitrogen and oxygen atoms in total. The molecule has 2 atom stereocenters. The summed E-state index contributed by atoms with van der Waals surface area (Å²) in [7, 11) is 3.22. The van der Waals surface area contributed by atoms with Crippen LogP contribution in [-0.4, -0.2) is 97.9 Å². The molecule has 0 unspecified atom stereocenters. The van der Waals surface area contributed by atoms with Crippen LogP contribution in [0.25, 0.3) is 0 Å². The first-order valence-corrected chi connectivity index (χ1v) is 16.8. The highest BCUT2D eigenvalue weighted by molar-refractivity contribution is 5.95. The quantitative estimate of drug-likeness (QED) is 0.197. The Morgan fingerprint density at radius 1 is 0.957 bits per heavy atom. The van der Waals surface area contributed by atoms with Crippen LogP contribution in [0.2, 0.25) is 0 Å². The normalized spacial score (nSPS) is 16.2. The molecule has 0 radical (unpaired) electrons. The largest absolute Gasteiger partial charge is 0.493 e. The van der Waals surface area contributed by atoms with E-state index in [0.717, 1.165) is 5.56 Å². The summed E-state index contributed by atoms with van der Waals surface area (Å²) in [4.78, 5) is 46.0. The van der Waals surface area contributed by atoms with Gasteiger partial charge in [0.15, 0.2) is 11.5 Å². The summed E-state index contributed by atoms with van der Waals surface area (Å²) in [6.45, 7) is 15.1. The van der Waals surface area contributed by atoms with Gasteiger partial charge in [-0.15, -0.1) is 0 Å². The van der Waals surface area contributed by atoms with E-state index in [1.54, 1.807) is 37.3 Å². The Morgan fingerprint density at radius 3 is 2.28 bits per heavy atom. The van der Waals surface area contributed by atoms with E-state index < -0.39 is 5.60 Å². The SMILES string of the molecule is CCN(Cc1ccccc1)C(=O)CC[C@H]1CN(C(=O)OC(C)(C)C)C[C@H]1CN(C(=O)c1ccc(OC)c(OCCCOC)c1)C(C)C. The maximum atomic E-state index is 14.0. The highest BCUT2D eigenvalue weighted by atomic mass is 16.6. The Morgan fingerprint density at radius 2 is 1.66 bits per heavy atom. The van der Waals surface area contributed by atoms with Crippen LogP contribution in [0.15, 0.2) is 48.5 Å². The van der Waals surface area contributed by atoms with E-state index in [1.807, 2.05) is 81.7 Å². The van der Waals surface area contributed by atoms with Crippen LogP contribution < -0.4 is 9.47 Å². The van der Waals surface area contributed by atoms with Crippen molar-refractivity contribution in [2.24, 2.45) is 11.8 Å². The van der Waals surface area contributed by atoms with E-state index in [2.05, 4.69) is 0 Å². The monoisotopic (exact) mass is 653 g/mol. The van der Waals surface area contributed by atoms with Gasteiger partial charge in [0.1, 0.15) is 5.60 Å². The zero-order chi connectivity index (χ0) is 34.6. The summed E-state index contributed by atoms with van der Waals surface area (Å²) in [5.41, 5.74) is 0.956. The molecule has 10 heteroatoms. The second-order valence-corrected chi connectivity index (χ2v) is 13.4. The lowest BCUT2D eigenvalue weighted by molar-refractivity contribution is -0.132. The van der Waals surface area contributed by atoms with Gasteiger partial charge in [0.2, 0.25) is 5.91 Å². The molecule has 260 valence electrons. The Hall–Kier alpha value is -3.79. The lowest BCUT2D eigenvalue weighted by Gasteiger charge is -2.32. The molecule has 1 saturated heterocycles. The number of benzene rings is 2. The first kappa shape index (κ1) is 37.7. The molecule has 1 fully saturated rings. The van der Waals surface area contributed by atoms with Crippen molar-refractivity contribution in [1.82, 2.24) is 14.7 Å². The topological polar surface area (TPSA) is 97.9 Å². The molecule has 1 aliphatic heterocycles. The minimum atomic E-state index is -0.628. The lowest BCUT2D eigenvalue weighted by atomic mass is 9.90. The second-order valence-electron chi connectivity index (χ2n) is 13.4. The molecule has 3 amide bonds. The highest BCUT2D eigenvalue weighted by Crippen LogP contribution is 2.33. The predicted molar refractivity (Wildman–Crippen MR) is 183 cm³/mol. The first-order chi connectivity index (χ1) is 22.4. The summed E-state index contributed by atoms with van der Waals surface area (Å²) in [5, 5.41) is 0. The molecule has 0 N–H and O–H groups in total. The number of likely N-dealkylation sites (tertiary alicyclic amines) is 1. The van der Waals surface area contributed by atoms with Crippen LogP contribution in [0.4, 0.5) is 4.79 Å². The van der Waals surface area contributed by atoms with Crippen molar-refractivity contribution >= 4 is 17.9 Å². The summed E-state index contributed by atoms with van der Waals surface area (Å²) in [6, 6.07) is 15.1. The molecule has 1 aliphatic rings. The average Bonchev–Trinajstić information content (AvgIpc) is 3.45. The highest BCUT2D eigenvalue weighted by Gasteiger charge is 2.39. The van der Waals surface area contributed by atoms with Gasteiger partial charge in [-0.05, 0) is 83.6 Å². The Labute approximate surface area is 281 Å². The van der Waals surface area contributed by atoms with Crippen LogP contribution >= 0.6 is 0 Å². The molecule has 3 rings (SSSR count). The van der Waals surface area contributed by atoms with Crippen LogP contribution in [0, 0.1) is 11.8 Å². The fourth-order valence-electron chi connectivity index (χ4n) is 5.85. The van der Waals surface area contributed by atoms with Crippen molar-refractivity contribution in [3.63, 3.8) is 0 Å². The number of nitrogens with zero attached hydrogens (tertiary/aromatic N) is 3. The number of hydrogen-bond donors (Lipinski definition) is 0. The van der Waals surface area contributed by atoms with Gasteiger partial charge >= 0.3 is 6.09 Å². The third kappa shape index (κ3) is 11.4. The summed E-state index contributed by atoms with van der Waals surface area (Å²) >= 11 is 0. The molecule has 0 spiro atoms. The van der Waals surface area contributed by atoms with E-state index in [0.29, 0.717) is 82.3 Å². The van der Waals surface area contributed by atoms with Crippen LogP contribution in [0.3, 0.4) is 0 Å². The third-order valence-corrected chi connectivity index (χ3v) is 8.38. The number of amides is 3. The average molecular weight is 654 g/mol. The van der Waals surface area contributed by atoms with Crippen LogP contribution in [-0.2, 0) is 20.8 Å². The molecule has 1 heterocycles. The van der Waals surface area contributed by atoms with Crippen molar-refractivity contribution < 1.29 is 33.3 Å². The second kappa shape index (κ2) is 17.9. The summed E-state index contributed by atoms with van der Waals surface area (Å²) < 4.78 is 22.3. The fourth-order valence-corrected chi connectivity index (χ4v) is 5.85. The van der Waals surface area contributed by atoms with Gasteiger partial charge < -0.3 is 33.6 Å². The molecule has 2 aromatic rings. The van der Waals surface area contributed by atoms with Crippen molar-refractivity contribution in [3.05, 3.63) is 59.7 Å². The third-order valence-electron chi connectivity index (χ3n) is 8.38. The van der Waals surface area contributed by atoms with Crippen molar-refractivity contribution in [2.45, 2.75) is 79.0 Å². The summed E-state index contributed by atoms with van der Waals surface area (Å²) in [5.74, 6) is 0.994. The number of ether oxygens (including phenoxy) is 4. The van der Waals surface area contributed by atoms with Gasteiger partial charge in [0, 0.05) is 70.9 Å².